The standard InChI is InChI=1S/C21H16F2O4S/c22-21(23)27-17-8-5-15(6-9-17)19(24)12-26-20(25)13-28-18-10-7-14-3-1-2-4-16(14)11-18/h1-11,21H,12-13H2. The number of esters is 1. The number of alkyl halides is 2. The van der Waals surface area contributed by atoms with Crippen molar-refractivity contribution in [1.82, 2.24) is 0 Å². The van der Waals surface area contributed by atoms with Gasteiger partial charge in [0.25, 0.3) is 0 Å². The first kappa shape index (κ1) is 19.8. The average molecular weight is 402 g/mol. The minimum atomic E-state index is -2.93. The van der Waals surface area contributed by atoms with Gasteiger partial charge in [0.2, 0.25) is 0 Å². The van der Waals surface area contributed by atoms with Gasteiger partial charge in [0.05, 0.1) is 5.75 Å². The van der Waals surface area contributed by atoms with Crippen LogP contribution in [0.4, 0.5) is 8.78 Å². The minimum absolute atomic E-state index is 0.0460. The van der Waals surface area contributed by atoms with Gasteiger partial charge < -0.3 is 9.47 Å². The molecule has 0 amide bonds. The number of carbonyl (C=O) groups is 2. The van der Waals surface area contributed by atoms with Crippen molar-refractivity contribution >= 4 is 34.3 Å². The fourth-order valence-electron chi connectivity index (χ4n) is 2.49. The molecule has 0 aliphatic rings. The topological polar surface area (TPSA) is 52.6 Å². The first-order valence-corrected chi connectivity index (χ1v) is 9.35. The number of Topliss-reactive ketones (excluding diaryl/α,β-unsaturated/α-hetero) is 1. The van der Waals surface area contributed by atoms with E-state index >= 15 is 0 Å². The summed E-state index contributed by atoms with van der Waals surface area (Å²) in [7, 11) is 0. The van der Waals surface area contributed by atoms with Crippen LogP contribution in [-0.2, 0) is 9.53 Å². The third-order valence-electron chi connectivity index (χ3n) is 3.84. The molecule has 0 unspecified atom stereocenters. The highest BCUT2D eigenvalue weighted by atomic mass is 32.2. The van der Waals surface area contributed by atoms with E-state index in [1.807, 2.05) is 42.5 Å². The lowest BCUT2D eigenvalue weighted by Crippen LogP contribution is -2.15. The Morgan fingerprint density at radius 3 is 2.36 bits per heavy atom. The van der Waals surface area contributed by atoms with Gasteiger partial charge in [-0.15, -0.1) is 11.8 Å². The molecule has 0 bridgehead atoms. The van der Waals surface area contributed by atoms with Crippen LogP contribution >= 0.6 is 11.8 Å². The zero-order valence-corrected chi connectivity index (χ0v) is 15.5. The Balaban J connectivity index is 1.47. The molecule has 0 radical (unpaired) electrons. The van der Waals surface area contributed by atoms with Crippen molar-refractivity contribution in [2.45, 2.75) is 11.5 Å². The summed E-state index contributed by atoms with van der Waals surface area (Å²) < 4.78 is 33.4. The van der Waals surface area contributed by atoms with E-state index in [9.17, 15) is 18.4 Å². The maximum Gasteiger partial charge on any atom is 0.387 e. The summed E-state index contributed by atoms with van der Waals surface area (Å²) in [4.78, 5) is 24.9. The van der Waals surface area contributed by atoms with Gasteiger partial charge in [-0.1, -0.05) is 30.3 Å². The summed E-state index contributed by atoms with van der Waals surface area (Å²) >= 11 is 1.33. The van der Waals surface area contributed by atoms with E-state index < -0.39 is 25.0 Å². The molecule has 0 aliphatic carbocycles. The van der Waals surface area contributed by atoms with Crippen LogP contribution < -0.4 is 4.74 Å². The predicted octanol–water partition coefficient (Wildman–Crippen LogP) is 4.96. The third kappa shape index (κ3) is 5.53. The lowest BCUT2D eigenvalue weighted by Gasteiger charge is -2.07. The van der Waals surface area contributed by atoms with Crippen LogP contribution in [0.5, 0.6) is 5.75 Å². The van der Waals surface area contributed by atoms with Gasteiger partial charge in [0.1, 0.15) is 5.75 Å². The Morgan fingerprint density at radius 2 is 1.64 bits per heavy atom. The Hall–Kier alpha value is -2.93. The van der Waals surface area contributed by atoms with Gasteiger partial charge in [0, 0.05) is 10.5 Å². The third-order valence-corrected chi connectivity index (χ3v) is 4.81. The fourth-order valence-corrected chi connectivity index (χ4v) is 3.24. The van der Waals surface area contributed by atoms with Crippen LogP contribution in [0.15, 0.2) is 71.6 Å². The number of hydrogen-bond donors (Lipinski definition) is 0. The molecule has 3 rings (SSSR count). The molecule has 0 aromatic heterocycles. The largest absolute Gasteiger partial charge is 0.457 e. The van der Waals surface area contributed by atoms with Crippen molar-refractivity contribution in [2.75, 3.05) is 12.4 Å². The highest BCUT2D eigenvalue weighted by Crippen LogP contribution is 2.23. The van der Waals surface area contributed by atoms with E-state index in [2.05, 4.69) is 4.74 Å². The van der Waals surface area contributed by atoms with Gasteiger partial charge in [-0.25, -0.2) is 0 Å². The molecule has 0 N–H and O–H groups in total. The predicted molar refractivity (Wildman–Crippen MR) is 103 cm³/mol. The smallest absolute Gasteiger partial charge is 0.387 e. The number of hydrogen-bond acceptors (Lipinski definition) is 5. The Labute approximate surface area is 164 Å². The second kappa shape index (κ2) is 9.32. The minimum Gasteiger partial charge on any atom is -0.457 e. The highest BCUT2D eigenvalue weighted by molar-refractivity contribution is 8.00. The number of thioether (sulfide) groups is 1. The molecule has 3 aromatic carbocycles. The maximum absolute atomic E-state index is 12.1. The van der Waals surface area contributed by atoms with Crippen molar-refractivity contribution in [1.29, 1.82) is 0 Å². The van der Waals surface area contributed by atoms with Crippen LogP contribution in [0.2, 0.25) is 0 Å². The van der Waals surface area contributed by atoms with Crippen LogP contribution in [0, 0.1) is 0 Å². The monoisotopic (exact) mass is 402 g/mol. The van der Waals surface area contributed by atoms with Crippen molar-refractivity contribution in [3.05, 3.63) is 72.3 Å². The fraction of sp³-hybridized carbons (Fsp3) is 0.143. The van der Waals surface area contributed by atoms with E-state index in [1.54, 1.807) is 0 Å². The molecule has 0 atom stereocenters. The molecular formula is C21H16F2O4S. The SMILES string of the molecule is O=C(CSc1ccc2ccccc2c1)OCC(=O)c1ccc(OC(F)F)cc1. The number of halogens is 2. The van der Waals surface area contributed by atoms with E-state index in [1.165, 1.54) is 36.0 Å². The van der Waals surface area contributed by atoms with Crippen LogP contribution in [0.25, 0.3) is 10.8 Å². The number of fused-ring (bicyclic) bond motifs is 1. The average Bonchev–Trinajstić information content (AvgIpc) is 2.70. The molecular weight excluding hydrogens is 386 g/mol. The van der Waals surface area contributed by atoms with Gasteiger partial charge in [0.15, 0.2) is 12.4 Å². The Bertz CT molecular complexity index is 974. The number of ether oxygens (including phenoxy) is 2. The van der Waals surface area contributed by atoms with E-state index in [4.69, 9.17) is 4.74 Å². The molecule has 0 spiro atoms. The summed E-state index contributed by atoms with van der Waals surface area (Å²) in [6, 6.07) is 19.0. The highest BCUT2D eigenvalue weighted by Gasteiger charge is 2.12. The summed E-state index contributed by atoms with van der Waals surface area (Å²) in [6.45, 7) is -3.34. The first-order chi connectivity index (χ1) is 13.5. The number of ketones is 1. The summed E-state index contributed by atoms with van der Waals surface area (Å²) in [5.74, 6) is -0.903. The molecule has 3 aromatic rings. The zero-order chi connectivity index (χ0) is 19.9. The second-order valence-electron chi connectivity index (χ2n) is 5.78. The van der Waals surface area contributed by atoms with Gasteiger partial charge in [-0.05, 0) is 47.2 Å². The Kier molecular flexibility index (Phi) is 6.60. The van der Waals surface area contributed by atoms with E-state index in [0.29, 0.717) is 0 Å². The number of benzene rings is 3. The van der Waals surface area contributed by atoms with Crippen molar-refractivity contribution in [3.8, 4) is 5.75 Å². The van der Waals surface area contributed by atoms with Crippen LogP contribution in [0.3, 0.4) is 0 Å². The van der Waals surface area contributed by atoms with Crippen molar-refractivity contribution < 1.29 is 27.8 Å². The first-order valence-electron chi connectivity index (χ1n) is 8.36. The lowest BCUT2D eigenvalue weighted by atomic mass is 10.1. The molecule has 4 nitrogen and oxygen atoms in total. The van der Waals surface area contributed by atoms with E-state index in [-0.39, 0.29) is 17.1 Å². The van der Waals surface area contributed by atoms with Gasteiger partial charge in [-0.3, -0.25) is 9.59 Å². The molecule has 0 aliphatic heterocycles. The molecule has 0 saturated carbocycles. The normalized spacial score (nSPS) is 10.8. The lowest BCUT2D eigenvalue weighted by molar-refractivity contribution is -0.139. The zero-order valence-electron chi connectivity index (χ0n) is 14.6. The van der Waals surface area contributed by atoms with Crippen molar-refractivity contribution in [3.63, 3.8) is 0 Å². The van der Waals surface area contributed by atoms with Gasteiger partial charge >= 0.3 is 12.6 Å². The molecule has 0 saturated heterocycles. The Morgan fingerprint density at radius 1 is 0.929 bits per heavy atom. The molecule has 0 fully saturated rings. The van der Waals surface area contributed by atoms with Gasteiger partial charge in [-0.2, -0.15) is 8.78 Å². The van der Waals surface area contributed by atoms with E-state index in [0.717, 1.165) is 15.7 Å². The molecule has 0 heterocycles. The molecule has 28 heavy (non-hydrogen) atoms. The quantitative estimate of drug-likeness (QED) is 0.303. The summed E-state index contributed by atoms with van der Waals surface area (Å²) in [5, 5.41) is 2.19. The molecule has 144 valence electrons. The van der Waals surface area contributed by atoms with Crippen LogP contribution in [-0.4, -0.2) is 30.7 Å². The second-order valence-corrected chi connectivity index (χ2v) is 6.83. The summed E-state index contributed by atoms with van der Waals surface area (Å²) in [6.07, 6.45) is 0. The number of carbonyl (C=O) groups excluding carboxylic acids is 2. The summed E-state index contributed by atoms with van der Waals surface area (Å²) in [5.41, 5.74) is 0.247. The number of rotatable bonds is 8. The molecule has 7 heteroatoms. The maximum atomic E-state index is 12.1. The van der Waals surface area contributed by atoms with Crippen LogP contribution in [0.1, 0.15) is 10.4 Å². The van der Waals surface area contributed by atoms with Crippen molar-refractivity contribution in [2.24, 2.45) is 0 Å².